The lowest BCUT2D eigenvalue weighted by Crippen LogP contribution is -2.50. The molecule has 4 heteroatoms. The van der Waals surface area contributed by atoms with Crippen molar-refractivity contribution in [3.05, 3.63) is 35.6 Å². The normalized spacial score (nSPS) is 25.7. The Morgan fingerprint density at radius 2 is 1.89 bits per heavy atom. The highest BCUT2D eigenvalue weighted by molar-refractivity contribution is 5.88. The molecule has 1 unspecified atom stereocenters. The van der Waals surface area contributed by atoms with Crippen molar-refractivity contribution in [1.82, 2.24) is 10.6 Å². The minimum atomic E-state index is -0.858. The van der Waals surface area contributed by atoms with Crippen LogP contribution in [0.1, 0.15) is 31.7 Å². The molecule has 0 saturated carbocycles. The van der Waals surface area contributed by atoms with Crippen LogP contribution in [0, 0.1) is 5.82 Å². The lowest BCUT2D eigenvalue weighted by molar-refractivity contribution is -0.126. The molecule has 0 aliphatic carbocycles. The van der Waals surface area contributed by atoms with Gasteiger partial charge >= 0.3 is 0 Å². The highest BCUT2D eigenvalue weighted by atomic mass is 19.1. The van der Waals surface area contributed by atoms with E-state index in [1.807, 2.05) is 0 Å². The molecule has 0 radical (unpaired) electrons. The zero-order chi connectivity index (χ0) is 13.7. The van der Waals surface area contributed by atoms with Crippen molar-refractivity contribution < 1.29 is 9.18 Å². The topological polar surface area (TPSA) is 41.1 Å². The second-order valence-electron chi connectivity index (χ2n) is 5.31. The van der Waals surface area contributed by atoms with Crippen LogP contribution in [0.2, 0.25) is 0 Å². The summed E-state index contributed by atoms with van der Waals surface area (Å²) in [7, 11) is 0. The van der Waals surface area contributed by atoms with Crippen LogP contribution in [0.4, 0.5) is 4.39 Å². The summed E-state index contributed by atoms with van der Waals surface area (Å²) < 4.78 is 14.0. The Balaban J connectivity index is 2.29. The third-order valence-corrected chi connectivity index (χ3v) is 3.76. The maximum absolute atomic E-state index is 14.0. The molecule has 3 nitrogen and oxygen atoms in total. The number of rotatable bonds is 1. The molecule has 19 heavy (non-hydrogen) atoms. The second-order valence-corrected chi connectivity index (χ2v) is 5.31. The van der Waals surface area contributed by atoms with Crippen molar-refractivity contribution >= 4 is 5.91 Å². The average molecular weight is 264 g/mol. The van der Waals surface area contributed by atoms with Crippen LogP contribution in [-0.4, -0.2) is 25.5 Å². The summed E-state index contributed by atoms with van der Waals surface area (Å²) in [5.74, 6) is -0.425. The van der Waals surface area contributed by atoms with Crippen LogP contribution in [0.15, 0.2) is 24.3 Å². The van der Waals surface area contributed by atoms with E-state index in [-0.39, 0.29) is 11.7 Å². The molecule has 104 valence electrons. The lowest BCUT2D eigenvalue weighted by atomic mass is 9.80. The molecule has 1 aliphatic rings. The van der Waals surface area contributed by atoms with E-state index in [2.05, 4.69) is 10.6 Å². The van der Waals surface area contributed by atoms with Crippen molar-refractivity contribution in [3.8, 4) is 0 Å². The van der Waals surface area contributed by atoms with Crippen molar-refractivity contribution in [2.75, 3.05) is 19.6 Å². The molecule has 1 aromatic rings. The third kappa shape index (κ3) is 3.13. The van der Waals surface area contributed by atoms with Gasteiger partial charge in [0.2, 0.25) is 5.91 Å². The molecule has 0 bridgehead atoms. The van der Waals surface area contributed by atoms with Gasteiger partial charge in [-0.25, -0.2) is 4.39 Å². The molecule has 1 fully saturated rings. The molecule has 2 N–H and O–H groups in total. The van der Waals surface area contributed by atoms with Crippen LogP contribution in [0.5, 0.6) is 0 Å². The van der Waals surface area contributed by atoms with Gasteiger partial charge in [0.1, 0.15) is 5.82 Å². The van der Waals surface area contributed by atoms with E-state index in [4.69, 9.17) is 0 Å². The number of amides is 1. The number of hydrogen-bond donors (Lipinski definition) is 2. The molecule has 1 saturated heterocycles. The SMILES string of the molecule is CC1(c2ccccc2F)CNCCCCCNC1=O. The molecule has 1 aromatic carbocycles. The van der Waals surface area contributed by atoms with E-state index in [0.717, 1.165) is 25.8 Å². The number of carbonyl (C=O) groups is 1. The molecule has 0 aromatic heterocycles. The van der Waals surface area contributed by atoms with Gasteiger partial charge in [0, 0.05) is 18.7 Å². The average Bonchev–Trinajstić information content (AvgIpc) is 2.41. The summed E-state index contributed by atoms with van der Waals surface area (Å²) in [5, 5.41) is 6.20. The van der Waals surface area contributed by atoms with Crippen LogP contribution >= 0.6 is 0 Å². The van der Waals surface area contributed by atoms with Crippen molar-refractivity contribution in [1.29, 1.82) is 0 Å². The van der Waals surface area contributed by atoms with Gasteiger partial charge in [0.15, 0.2) is 0 Å². The molecule has 2 rings (SSSR count). The van der Waals surface area contributed by atoms with Gasteiger partial charge in [-0.05, 0) is 32.4 Å². The van der Waals surface area contributed by atoms with E-state index in [9.17, 15) is 9.18 Å². The number of nitrogens with one attached hydrogen (secondary N) is 2. The number of carbonyl (C=O) groups excluding carboxylic acids is 1. The summed E-state index contributed by atoms with van der Waals surface area (Å²) in [6.07, 6.45) is 3.16. The van der Waals surface area contributed by atoms with Crippen LogP contribution in [-0.2, 0) is 10.2 Å². The van der Waals surface area contributed by atoms with E-state index >= 15 is 0 Å². The first-order valence-electron chi connectivity index (χ1n) is 6.88. The highest BCUT2D eigenvalue weighted by Gasteiger charge is 2.36. The summed E-state index contributed by atoms with van der Waals surface area (Å²) in [6.45, 7) is 3.80. The van der Waals surface area contributed by atoms with Crippen molar-refractivity contribution in [3.63, 3.8) is 0 Å². The first kappa shape index (κ1) is 14.0. The van der Waals surface area contributed by atoms with Crippen LogP contribution in [0.3, 0.4) is 0 Å². The first-order chi connectivity index (χ1) is 9.14. The fourth-order valence-corrected chi connectivity index (χ4v) is 2.49. The van der Waals surface area contributed by atoms with E-state index in [1.54, 1.807) is 25.1 Å². The van der Waals surface area contributed by atoms with E-state index < -0.39 is 5.41 Å². The molecule has 1 heterocycles. The van der Waals surface area contributed by atoms with Crippen molar-refractivity contribution in [2.24, 2.45) is 0 Å². The minimum absolute atomic E-state index is 0.105. The van der Waals surface area contributed by atoms with Gasteiger partial charge in [-0.2, -0.15) is 0 Å². The summed E-state index contributed by atoms with van der Waals surface area (Å²) in [5.41, 5.74) is -0.400. The zero-order valence-electron chi connectivity index (χ0n) is 11.3. The van der Waals surface area contributed by atoms with Gasteiger partial charge in [-0.3, -0.25) is 4.79 Å². The van der Waals surface area contributed by atoms with Gasteiger partial charge in [0.25, 0.3) is 0 Å². The van der Waals surface area contributed by atoms with E-state index in [1.165, 1.54) is 6.07 Å². The zero-order valence-corrected chi connectivity index (χ0v) is 11.3. The predicted molar refractivity (Wildman–Crippen MR) is 73.5 cm³/mol. The Morgan fingerprint density at radius 1 is 1.16 bits per heavy atom. The predicted octanol–water partition coefficient (Wildman–Crippen LogP) is 1.97. The Morgan fingerprint density at radius 3 is 2.68 bits per heavy atom. The molecular weight excluding hydrogens is 243 g/mol. The molecular formula is C15H21FN2O. The fourth-order valence-electron chi connectivity index (χ4n) is 2.49. The molecule has 1 atom stereocenters. The van der Waals surface area contributed by atoms with Crippen LogP contribution < -0.4 is 10.6 Å². The Labute approximate surface area is 113 Å². The smallest absolute Gasteiger partial charge is 0.231 e. The molecule has 1 aliphatic heterocycles. The summed E-state index contributed by atoms with van der Waals surface area (Å²) >= 11 is 0. The number of halogens is 1. The summed E-state index contributed by atoms with van der Waals surface area (Å²) in [6, 6.07) is 6.53. The van der Waals surface area contributed by atoms with Crippen molar-refractivity contribution in [2.45, 2.75) is 31.6 Å². The lowest BCUT2D eigenvalue weighted by Gasteiger charge is -2.30. The number of benzene rings is 1. The first-order valence-corrected chi connectivity index (χ1v) is 6.88. The van der Waals surface area contributed by atoms with Gasteiger partial charge < -0.3 is 10.6 Å². The molecule has 0 spiro atoms. The second kappa shape index (κ2) is 6.15. The minimum Gasteiger partial charge on any atom is -0.355 e. The number of hydrogen-bond acceptors (Lipinski definition) is 2. The highest BCUT2D eigenvalue weighted by Crippen LogP contribution is 2.26. The monoisotopic (exact) mass is 264 g/mol. The standard InChI is InChI=1S/C15H21FN2O/c1-15(12-7-3-4-8-13(12)16)11-17-9-5-2-6-10-18-14(15)19/h3-4,7-8,17H,2,5-6,9-11H2,1H3,(H,18,19). The summed E-state index contributed by atoms with van der Waals surface area (Å²) in [4.78, 5) is 12.4. The fraction of sp³-hybridized carbons (Fsp3) is 0.533. The van der Waals surface area contributed by atoms with Gasteiger partial charge in [-0.15, -0.1) is 0 Å². The largest absolute Gasteiger partial charge is 0.355 e. The van der Waals surface area contributed by atoms with E-state index in [0.29, 0.717) is 18.7 Å². The molecule has 1 amide bonds. The Bertz CT molecular complexity index is 450. The Kier molecular flexibility index (Phi) is 4.53. The van der Waals surface area contributed by atoms with Crippen LogP contribution in [0.25, 0.3) is 0 Å². The van der Waals surface area contributed by atoms with Gasteiger partial charge in [0.05, 0.1) is 5.41 Å². The maximum atomic E-state index is 14.0. The maximum Gasteiger partial charge on any atom is 0.231 e. The Hall–Kier alpha value is -1.42. The quantitative estimate of drug-likeness (QED) is 0.814. The van der Waals surface area contributed by atoms with Gasteiger partial charge in [-0.1, -0.05) is 24.6 Å². The third-order valence-electron chi connectivity index (χ3n) is 3.76.